The molecule has 0 aromatic heterocycles. The lowest BCUT2D eigenvalue weighted by Gasteiger charge is -2.16. The lowest BCUT2D eigenvalue weighted by Crippen LogP contribution is -2.29. The topological polar surface area (TPSA) is 47.6 Å². The fourth-order valence-corrected chi connectivity index (χ4v) is 2.73. The van der Waals surface area contributed by atoms with E-state index in [1.54, 1.807) is 36.4 Å². The number of carbonyl (C=O) groups excluding carboxylic acids is 1. The molecule has 1 N–H and O–H groups in total. The summed E-state index contributed by atoms with van der Waals surface area (Å²) < 4.78 is 12.1. The van der Waals surface area contributed by atoms with Crippen molar-refractivity contribution in [3.63, 3.8) is 0 Å². The van der Waals surface area contributed by atoms with Gasteiger partial charge in [-0.05, 0) is 30.3 Å². The molecule has 1 aliphatic rings. The van der Waals surface area contributed by atoms with Gasteiger partial charge in [-0.1, -0.05) is 27.5 Å². The van der Waals surface area contributed by atoms with Crippen molar-refractivity contribution in [1.29, 1.82) is 0 Å². The number of nitrogens with one attached hydrogen (secondary N) is 1. The standard InChI is InChI=1S/C16H13BrClNO3/c1-16(2)21-13-6-4-10(8-14(13)22-16)19-15(20)11-7-9(17)3-5-12(11)18/h3-8H,1-2H3,(H,19,20). The predicted octanol–water partition coefficient (Wildman–Crippen LogP) is 4.86. The van der Waals surface area contributed by atoms with E-state index >= 15 is 0 Å². The van der Waals surface area contributed by atoms with Gasteiger partial charge in [0.2, 0.25) is 5.79 Å². The first-order valence-corrected chi connectivity index (χ1v) is 7.80. The van der Waals surface area contributed by atoms with E-state index in [0.717, 1.165) is 4.47 Å². The molecule has 0 atom stereocenters. The summed E-state index contributed by atoms with van der Waals surface area (Å²) >= 11 is 9.39. The molecule has 0 unspecified atom stereocenters. The SMILES string of the molecule is CC1(C)Oc2ccc(NC(=O)c3cc(Br)ccc3Cl)cc2O1. The monoisotopic (exact) mass is 381 g/mol. The minimum atomic E-state index is -0.696. The highest BCUT2D eigenvalue weighted by Crippen LogP contribution is 2.40. The Kier molecular flexibility index (Phi) is 3.78. The quantitative estimate of drug-likeness (QED) is 0.806. The van der Waals surface area contributed by atoms with E-state index in [1.807, 2.05) is 13.8 Å². The van der Waals surface area contributed by atoms with Crippen LogP contribution in [0.15, 0.2) is 40.9 Å². The van der Waals surface area contributed by atoms with E-state index in [2.05, 4.69) is 21.2 Å². The van der Waals surface area contributed by atoms with E-state index in [4.69, 9.17) is 21.1 Å². The number of halogens is 2. The average Bonchev–Trinajstić information content (AvgIpc) is 2.74. The summed E-state index contributed by atoms with van der Waals surface area (Å²) in [5.74, 6) is 0.273. The summed E-state index contributed by atoms with van der Waals surface area (Å²) in [4.78, 5) is 12.3. The van der Waals surface area contributed by atoms with Gasteiger partial charge in [-0.2, -0.15) is 0 Å². The summed E-state index contributed by atoms with van der Waals surface area (Å²) in [5, 5.41) is 3.19. The molecule has 1 amide bonds. The Morgan fingerprint density at radius 2 is 1.86 bits per heavy atom. The second-order valence-electron chi connectivity index (χ2n) is 5.34. The van der Waals surface area contributed by atoms with Crippen molar-refractivity contribution in [2.75, 3.05) is 5.32 Å². The third kappa shape index (κ3) is 3.05. The van der Waals surface area contributed by atoms with Gasteiger partial charge in [0.05, 0.1) is 10.6 Å². The van der Waals surface area contributed by atoms with Crippen LogP contribution in [0.25, 0.3) is 0 Å². The highest BCUT2D eigenvalue weighted by atomic mass is 79.9. The van der Waals surface area contributed by atoms with Gasteiger partial charge in [-0.15, -0.1) is 0 Å². The Morgan fingerprint density at radius 1 is 1.14 bits per heavy atom. The van der Waals surface area contributed by atoms with Crippen molar-refractivity contribution in [2.45, 2.75) is 19.6 Å². The number of rotatable bonds is 2. The lowest BCUT2D eigenvalue weighted by molar-refractivity contribution is -0.0431. The molecule has 0 aliphatic carbocycles. The van der Waals surface area contributed by atoms with Gasteiger partial charge in [0.1, 0.15) is 0 Å². The van der Waals surface area contributed by atoms with Crippen LogP contribution < -0.4 is 14.8 Å². The smallest absolute Gasteiger partial charge is 0.257 e. The van der Waals surface area contributed by atoms with E-state index in [1.165, 1.54) is 0 Å². The Labute approximate surface area is 141 Å². The molecule has 114 valence electrons. The van der Waals surface area contributed by atoms with Gasteiger partial charge in [0, 0.05) is 30.1 Å². The first kappa shape index (κ1) is 15.2. The third-order valence-electron chi connectivity index (χ3n) is 3.09. The van der Waals surface area contributed by atoms with Gasteiger partial charge in [-0.25, -0.2) is 0 Å². The number of fused-ring (bicyclic) bond motifs is 1. The minimum absolute atomic E-state index is 0.288. The molecule has 0 radical (unpaired) electrons. The van der Waals surface area contributed by atoms with Crippen molar-refractivity contribution in [2.24, 2.45) is 0 Å². The second kappa shape index (κ2) is 5.48. The number of anilines is 1. The summed E-state index contributed by atoms with van der Waals surface area (Å²) in [7, 11) is 0. The first-order valence-electron chi connectivity index (χ1n) is 6.62. The van der Waals surface area contributed by atoms with Crippen molar-refractivity contribution in [3.8, 4) is 11.5 Å². The highest BCUT2D eigenvalue weighted by Gasteiger charge is 2.31. The van der Waals surface area contributed by atoms with Crippen molar-refractivity contribution >= 4 is 39.1 Å². The van der Waals surface area contributed by atoms with E-state index < -0.39 is 5.79 Å². The van der Waals surface area contributed by atoms with Gasteiger partial charge < -0.3 is 14.8 Å². The van der Waals surface area contributed by atoms with Crippen LogP contribution in [0.4, 0.5) is 5.69 Å². The molecule has 6 heteroatoms. The second-order valence-corrected chi connectivity index (χ2v) is 6.67. The van der Waals surface area contributed by atoms with Gasteiger partial charge in [0.15, 0.2) is 11.5 Å². The fraction of sp³-hybridized carbons (Fsp3) is 0.188. The van der Waals surface area contributed by atoms with Crippen LogP contribution in [0, 0.1) is 0 Å². The average molecular weight is 383 g/mol. The summed E-state index contributed by atoms with van der Waals surface area (Å²) in [5.41, 5.74) is 1.01. The largest absolute Gasteiger partial charge is 0.449 e. The maximum Gasteiger partial charge on any atom is 0.257 e. The van der Waals surface area contributed by atoms with Gasteiger partial charge in [0.25, 0.3) is 5.91 Å². The van der Waals surface area contributed by atoms with Crippen LogP contribution in [0.2, 0.25) is 5.02 Å². The zero-order chi connectivity index (χ0) is 15.9. The number of ether oxygens (including phenoxy) is 2. The van der Waals surface area contributed by atoms with Crippen LogP contribution in [-0.4, -0.2) is 11.7 Å². The fourth-order valence-electron chi connectivity index (χ4n) is 2.17. The van der Waals surface area contributed by atoms with Gasteiger partial charge >= 0.3 is 0 Å². The number of amides is 1. The zero-order valence-electron chi connectivity index (χ0n) is 11.9. The van der Waals surface area contributed by atoms with E-state index in [0.29, 0.717) is 27.8 Å². The molecule has 0 saturated carbocycles. The molecule has 0 fully saturated rings. The maximum atomic E-state index is 12.3. The van der Waals surface area contributed by atoms with Gasteiger partial charge in [-0.3, -0.25) is 4.79 Å². The molecule has 1 heterocycles. The molecule has 3 rings (SSSR count). The number of benzene rings is 2. The Morgan fingerprint density at radius 3 is 2.64 bits per heavy atom. The molecule has 0 spiro atoms. The zero-order valence-corrected chi connectivity index (χ0v) is 14.3. The molecule has 0 bridgehead atoms. The van der Waals surface area contributed by atoms with Crippen molar-refractivity contribution in [1.82, 2.24) is 0 Å². The van der Waals surface area contributed by atoms with Crippen molar-refractivity contribution < 1.29 is 14.3 Å². The molecule has 22 heavy (non-hydrogen) atoms. The number of hydrogen-bond acceptors (Lipinski definition) is 3. The first-order chi connectivity index (χ1) is 10.3. The Balaban J connectivity index is 1.83. The summed E-state index contributed by atoms with van der Waals surface area (Å²) in [6.07, 6.45) is 0. The normalized spacial score (nSPS) is 14.7. The molecule has 2 aromatic rings. The maximum absolute atomic E-state index is 12.3. The van der Waals surface area contributed by atoms with Crippen LogP contribution >= 0.6 is 27.5 Å². The number of carbonyl (C=O) groups is 1. The Bertz CT molecular complexity index is 761. The van der Waals surface area contributed by atoms with E-state index in [9.17, 15) is 4.79 Å². The number of hydrogen-bond donors (Lipinski definition) is 1. The highest BCUT2D eigenvalue weighted by molar-refractivity contribution is 9.10. The van der Waals surface area contributed by atoms with Crippen LogP contribution in [0.1, 0.15) is 24.2 Å². The molecular weight excluding hydrogens is 370 g/mol. The molecule has 2 aromatic carbocycles. The van der Waals surface area contributed by atoms with Crippen LogP contribution in [-0.2, 0) is 0 Å². The van der Waals surface area contributed by atoms with Crippen LogP contribution in [0.3, 0.4) is 0 Å². The summed E-state index contributed by atoms with van der Waals surface area (Å²) in [6.45, 7) is 3.65. The predicted molar refractivity (Wildman–Crippen MR) is 88.9 cm³/mol. The molecule has 4 nitrogen and oxygen atoms in total. The summed E-state index contributed by atoms with van der Waals surface area (Å²) in [6, 6.07) is 10.4. The molecule has 0 saturated heterocycles. The van der Waals surface area contributed by atoms with E-state index in [-0.39, 0.29) is 5.91 Å². The lowest BCUT2D eigenvalue weighted by atomic mass is 10.2. The van der Waals surface area contributed by atoms with Crippen LogP contribution in [0.5, 0.6) is 11.5 Å². The Hall–Kier alpha value is -1.72. The molecular formula is C16H13BrClNO3. The third-order valence-corrected chi connectivity index (χ3v) is 3.91. The molecule has 1 aliphatic heterocycles. The minimum Gasteiger partial charge on any atom is -0.449 e. The van der Waals surface area contributed by atoms with Crippen molar-refractivity contribution in [3.05, 3.63) is 51.5 Å².